The maximum atomic E-state index is 4.30. The number of fused-ring (bicyclic) bond motifs is 1. The third-order valence-electron chi connectivity index (χ3n) is 5.14. The van der Waals surface area contributed by atoms with E-state index in [0.717, 1.165) is 49.5 Å². The molecule has 1 fully saturated rings. The van der Waals surface area contributed by atoms with Crippen LogP contribution in [-0.4, -0.2) is 58.9 Å². The van der Waals surface area contributed by atoms with Crippen molar-refractivity contribution in [2.24, 2.45) is 10.9 Å². The van der Waals surface area contributed by atoms with Crippen molar-refractivity contribution in [1.82, 2.24) is 30.3 Å². The quantitative estimate of drug-likeness (QED) is 0.462. The van der Waals surface area contributed by atoms with E-state index >= 15 is 0 Å². The maximum Gasteiger partial charge on any atom is 0.191 e. The monoisotopic (exact) mass is 333 g/mol. The van der Waals surface area contributed by atoms with E-state index in [0.29, 0.717) is 6.54 Å². The van der Waals surface area contributed by atoms with Gasteiger partial charge in [-0.1, -0.05) is 6.92 Å². The Bertz CT molecular complexity index is 543. The zero-order valence-corrected chi connectivity index (χ0v) is 15.1. The van der Waals surface area contributed by atoms with Crippen molar-refractivity contribution in [1.29, 1.82) is 0 Å². The summed E-state index contributed by atoms with van der Waals surface area (Å²) in [5.41, 5.74) is 0. The lowest BCUT2D eigenvalue weighted by Crippen LogP contribution is -2.39. The highest BCUT2D eigenvalue weighted by Crippen LogP contribution is 2.15. The van der Waals surface area contributed by atoms with Crippen molar-refractivity contribution in [2.75, 3.05) is 33.2 Å². The fourth-order valence-corrected chi connectivity index (χ4v) is 3.52. The number of likely N-dealkylation sites (tertiary alicyclic amines) is 1. The number of nitrogens with zero attached hydrogens (tertiary/aromatic N) is 5. The summed E-state index contributed by atoms with van der Waals surface area (Å²) in [5, 5.41) is 15.3. The second-order valence-corrected chi connectivity index (χ2v) is 7.02. The molecule has 0 aliphatic carbocycles. The molecule has 0 radical (unpaired) electrons. The number of aryl methyl sites for hydroxylation is 1. The Morgan fingerprint density at radius 1 is 1.21 bits per heavy atom. The zero-order valence-electron chi connectivity index (χ0n) is 15.1. The molecule has 0 saturated carbocycles. The Kier molecular flexibility index (Phi) is 6.07. The van der Waals surface area contributed by atoms with E-state index in [9.17, 15) is 0 Å². The van der Waals surface area contributed by atoms with Gasteiger partial charge in [0.25, 0.3) is 0 Å². The predicted octanol–water partition coefficient (Wildman–Crippen LogP) is 1.01. The largest absolute Gasteiger partial charge is 0.356 e. The van der Waals surface area contributed by atoms with Crippen molar-refractivity contribution in [3.8, 4) is 0 Å². The van der Waals surface area contributed by atoms with Gasteiger partial charge in [-0.05, 0) is 51.2 Å². The van der Waals surface area contributed by atoms with Gasteiger partial charge in [-0.2, -0.15) is 0 Å². The first-order valence-corrected chi connectivity index (χ1v) is 9.34. The molecule has 1 aromatic rings. The van der Waals surface area contributed by atoms with Crippen LogP contribution in [0.1, 0.15) is 44.3 Å². The summed E-state index contributed by atoms with van der Waals surface area (Å²) in [6, 6.07) is 0. The first kappa shape index (κ1) is 17.2. The van der Waals surface area contributed by atoms with Crippen molar-refractivity contribution in [2.45, 2.75) is 52.1 Å². The highest BCUT2D eigenvalue weighted by Gasteiger charge is 2.17. The van der Waals surface area contributed by atoms with Gasteiger partial charge in [0, 0.05) is 26.6 Å². The molecule has 0 spiro atoms. The Hall–Kier alpha value is -1.63. The lowest BCUT2D eigenvalue weighted by molar-refractivity contribution is 0.191. The number of aliphatic imine (C=N–C) groups is 1. The number of piperidine rings is 1. The molecule has 2 N–H and O–H groups in total. The minimum atomic E-state index is 0.677. The van der Waals surface area contributed by atoms with Gasteiger partial charge in [-0.15, -0.1) is 10.2 Å². The molecule has 1 saturated heterocycles. The number of rotatable bonds is 6. The smallest absolute Gasteiger partial charge is 0.191 e. The molecule has 7 heteroatoms. The van der Waals surface area contributed by atoms with Crippen LogP contribution in [0.5, 0.6) is 0 Å². The van der Waals surface area contributed by atoms with E-state index < -0.39 is 0 Å². The van der Waals surface area contributed by atoms with E-state index in [4.69, 9.17) is 0 Å². The van der Waals surface area contributed by atoms with Gasteiger partial charge in [-0.3, -0.25) is 4.99 Å². The molecule has 134 valence electrons. The van der Waals surface area contributed by atoms with Gasteiger partial charge in [0.1, 0.15) is 5.82 Å². The number of hydrogen-bond acceptors (Lipinski definition) is 4. The van der Waals surface area contributed by atoms with Gasteiger partial charge in [0.15, 0.2) is 11.8 Å². The Labute approximate surface area is 144 Å². The van der Waals surface area contributed by atoms with Gasteiger partial charge in [0.05, 0.1) is 6.54 Å². The molecular formula is C17H31N7. The van der Waals surface area contributed by atoms with Crippen LogP contribution >= 0.6 is 0 Å². The molecule has 0 aromatic carbocycles. The molecule has 7 nitrogen and oxygen atoms in total. The highest BCUT2D eigenvalue weighted by atomic mass is 15.3. The Morgan fingerprint density at radius 3 is 2.83 bits per heavy atom. The van der Waals surface area contributed by atoms with Gasteiger partial charge < -0.3 is 20.1 Å². The molecule has 0 unspecified atom stereocenters. The summed E-state index contributed by atoms with van der Waals surface area (Å²) in [7, 11) is 1.82. The Balaban J connectivity index is 1.33. The highest BCUT2D eigenvalue weighted by molar-refractivity contribution is 5.79. The third kappa shape index (κ3) is 4.47. The van der Waals surface area contributed by atoms with Gasteiger partial charge in [-0.25, -0.2) is 0 Å². The first-order valence-electron chi connectivity index (χ1n) is 9.34. The van der Waals surface area contributed by atoms with Crippen molar-refractivity contribution >= 4 is 5.96 Å². The SMILES string of the molecule is CN=C(NCCCN1CCC(C)CC1)NCc1nnc2n1CCC2. The van der Waals surface area contributed by atoms with Gasteiger partial charge in [0.2, 0.25) is 0 Å². The van der Waals surface area contributed by atoms with Crippen molar-refractivity contribution in [3.05, 3.63) is 11.6 Å². The van der Waals surface area contributed by atoms with Crippen molar-refractivity contribution in [3.63, 3.8) is 0 Å². The molecule has 24 heavy (non-hydrogen) atoms. The van der Waals surface area contributed by atoms with Crippen LogP contribution in [-0.2, 0) is 19.5 Å². The molecule has 0 atom stereocenters. The molecule has 0 amide bonds. The number of nitrogens with one attached hydrogen (secondary N) is 2. The average molecular weight is 333 g/mol. The van der Waals surface area contributed by atoms with E-state index in [-0.39, 0.29) is 0 Å². The minimum Gasteiger partial charge on any atom is -0.356 e. The van der Waals surface area contributed by atoms with Crippen LogP contribution in [0.25, 0.3) is 0 Å². The van der Waals surface area contributed by atoms with Crippen molar-refractivity contribution < 1.29 is 0 Å². The molecule has 0 bridgehead atoms. The average Bonchev–Trinajstić information content (AvgIpc) is 3.20. The summed E-state index contributed by atoms with van der Waals surface area (Å²) >= 11 is 0. The van der Waals surface area contributed by atoms with E-state index in [1.807, 2.05) is 7.05 Å². The zero-order chi connectivity index (χ0) is 16.8. The lowest BCUT2D eigenvalue weighted by atomic mass is 9.99. The van der Waals surface area contributed by atoms with Crippen LogP contribution in [0.2, 0.25) is 0 Å². The topological polar surface area (TPSA) is 70.4 Å². The first-order chi connectivity index (χ1) is 11.8. The van der Waals surface area contributed by atoms with E-state index in [1.165, 1.54) is 38.9 Å². The summed E-state index contributed by atoms with van der Waals surface area (Å²) in [6.45, 7) is 8.71. The minimum absolute atomic E-state index is 0.677. The fraction of sp³-hybridized carbons (Fsp3) is 0.824. The fourth-order valence-electron chi connectivity index (χ4n) is 3.52. The molecular weight excluding hydrogens is 302 g/mol. The maximum absolute atomic E-state index is 4.30. The van der Waals surface area contributed by atoms with Crippen LogP contribution in [0, 0.1) is 5.92 Å². The molecule has 2 aliphatic heterocycles. The van der Waals surface area contributed by atoms with E-state index in [2.05, 4.69) is 42.2 Å². The van der Waals surface area contributed by atoms with Crippen LogP contribution in [0.15, 0.2) is 4.99 Å². The number of aromatic nitrogens is 3. The second-order valence-electron chi connectivity index (χ2n) is 7.02. The summed E-state index contributed by atoms with van der Waals surface area (Å²) < 4.78 is 2.22. The van der Waals surface area contributed by atoms with Crippen LogP contribution in [0.4, 0.5) is 0 Å². The number of guanidine groups is 1. The summed E-state index contributed by atoms with van der Waals surface area (Å²) in [6.07, 6.45) is 6.07. The lowest BCUT2D eigenvalue weighted by Gasteiger charge is -2.30. The Morgan fingerprint density at radius 2 is 2.04 bits per heavy atom. The van der Waals surface area contributed by atoms with Gasteiger partial charge >= 0.3 is 0 Å². The predicted molar refractivity (Wildman–Crippen MR) is 96.0 cm³/mol. The molecule has 1 aromatic heterocycles. The standard InChI is InChI=1S/C17H31N7/c1-14-6-11-23(12-7-14)9-4-8-19-17(18-2)20-13-16-22-21-15-5-3-10-24(15)16/h14H,3-13H2,1-2H3,(H2,18,19,20). The second kappa shape index (κ2) is 8.46. The molecule has 3 rings (SSSR count). The summed E-state index contributed by atoms with van der Waals surface area (Å²) in [4.78, 5) is 6.88. The van der Waals surface area contributed by atoms with Crippen LogP contribution in [0.3, 0.4) is 0 Å². The molecule has 3 heterocycles. The normalized spacial score (nSPS) is 19.5. The van der Waals surface area contributed by atoms with E-state index in [1.54, 1.807) is 0 Å². The molecule has 2 aliphatic rings. The summed E-state index contributed by atoms with van der Waals surface area (Å²) in [5.74, 6) is 3.87. The third-order valence-corrected chi connectivity index (χ3v) is 5.14. The number of hydrogen-bond donors (Lipinski definition) is 2. The van der Waals surface area contributed by atoms with Crippen LogP contribution < -0.4 is 10.6 Å².